The predicted molar refractivity (Wildman–Crippen MR) is 79.8 cm³/mol. The van der Waals surface area contributed by atoms with Crippen LogP contribution in [-0.4, -0.2) is 16.1 Å². The number of aromatic nitrogens is 2. The fourth-order valence-corrected chi connectivity index (χ4v) is 2.93. The molecule has 20 heavy (non-hydrogen) atoms. The molecule has 1 N–H and O–H groups in total. The summed E-state index contributed by atoms with van der Waals surface area (Å²) in [7, 11) is 2.00. The Balaban J connectivity index is 1.72. The molecule has 0 saturated heterocycles. The van der Waals surface area contributed by atoms with Crippen LogP contribution in [0.5, 0.6) is 0 Å². The van der Waals surface area contributed by atoms with Crippen molar-refractivity contribution in [2.45, 2.75) is 12.5 Å². The van der Waals surface area contributed by atoms with E-state index < -0.39 is 0 Å². The minimum absolute atomic E-state index is 0.00929. The van der Waals surface area contributed by atoms with E-state index in [4.69, 9.17) is 4.42 Å². The molecule has 1 unspecified atom stereocenters. The SMILES string of the molecule is Cn1ccnc1C(NCCc1cccs1)c1ccco1. The van der Waals surface area contributed by atoms with Gasteiger partial charge >= 0.3 is 0 Å². The lowest BCUT2D eigenvalue weighted by Gasteiger charge is -2.16. The molecule has 0 aromatic carbocycles. The van der Waals surface area contributed by atoms with Crippen molar-refractivity contribution in [3.05, 3.63) is 64.8 Å². The van der Waals surface area contributed by atoms with E-state index in [0.717, 1.165) is 24.6 Å². The lowest BCUT2D eigenvalue weighted by molar-refractivity contribution is 0.432. The topological polar surface area (TPSA) is 43.0 Å². The number of aryl methyl sites for hydroxylation is 1. The number of nitrogens with one attached hydrogen (secondary N) is 1. The van der Waals surface area contributed by atoms with Crippen LogP contribution in [0.1, 0.15) is 22.5 Å². The van der Waals surface area contributed by atoms with Gasteiger partial charge in [0.25, 0.3) is 0 Å². The van der Waals surface area contributed by atoms with Crippen molar-refractivity contribution >= 4 is 11.3 Å². The highest BCUT2D eigenvalue weighted by atomic mass is 32.1. The number of furan rings is 1. The maximum atomic E-state index is 5.55. The van der Waals surface area contributed by atoms with E-state index >= 15 is 0 Å². The third-order valence-corrected chi connectivity index (χ3v) is 4.18. The Morgan fingerprint density at radius 2 is 2.35 bits per heavy atom. The summed E-state index contributed by atoms with van der Waals surface area (Å²) in [4.78, 5) is 5.82. The second-order valence-corrected chi connectivity index (χ2v) is 5.66. The monoisotopic (exact) mass is 287 g/mol. The molecular weight excluding hydrogens is 270 g/mol. The van der Waals surface area contributed by atoms with Gasteiger partial charge < -0.3 is 14.3 Å². The van der Waals surface area contributed by atoms with Crippen molar-refractivity contribution in [1.82, 2.24) is 14.9 Å². The molecule has 0 aliphatic heterocycles. The minimum atomic E-state index is -0.00929. The van der Waals surface area contributed by atoms with Crippen LogP contribution >= 0.6 is 11.3 Å². The molecule has 0 radical (unpaired) electrons. The van der Waals surface area contributed by atoms with E-state index in [2.05, 4.69) is 27.8 Å². The van der Waals surface area contributed by atoms with Crippen LogP contribution in [0.25, 0.3) is 0 Å². The molecule has 5 heteroatoms. The van der Waals surface area contributed by atoms with Crippen LogP contribution in [0.4, 0.5) is 0 Å². The molecular formula is C15H17N3OS. The maximum absolute atomic E-state index is 5.55. The number of hydrogen-bond acceptors (Lipinski definition) is 4. The molecule has 4 nitrogen and oxygen atoms in total. The Bertz CT molecular complexity index is 628. The van der Waals surface area contributed by atoms with Crippen molar-refractivity contribution in [3.8, 4) is 0 Å². The summed E-state index contributed by atoms with van der Waals surface area (Å²) in [6.45, 7) is 0.888. The van der Waals surface area contributed by atoms with E-state index in [1.165, 1.54) is 4.88 Å². The zero-order valence-corrected chi connectivity index (χ0v) is 12.1. The first-order chi connectivity index (χ1) is 9.84. The molecule has 3 heterocycles. The van der Waals surface area contributed by atoms with Gasteiger partial charge in [-0.1, -0.05) is 6.07 Å². The van der Waals surface area contributed by atoms with Gasteiger partial charge in [-0.2, -0.15) is 0 Å². The molecule has 104 valence electrons. The smallest absolute Gasteiger partial charge is 0.133 e. The van der Waals surface area contributed by atoms with E-state index in [9.17, 15) is 0 Å². The summed E-state index contributed by atoms with van der Waals surface area (Å²) in [6.07, 6.45) is 6.48. The molecule has 0 amide bonds. The van der Waals surface area contributed by atoms with Gasteiger partial charge in [0, 0.05) is 30.9 Å². The Hall–Kier alpha value is -1.85. The van der Waals surface area contributed by atoms with Gasteiger partial charge in [-0.3, -0.25) is 0 Å². The highest BCUT2D eigenvalue weighted by molar-refractivity contribution is 7.09. The minimum Gasteiger partial charge on any atom is -0.467 e. The normalized spacial score (nSPS) is 12.7. The highest BCUT2D eigenvalue weighted by Gasteiger charge is 2.20. The molecule has 3 aromatic rings. The average Bonchev–Trinajstić information content (AvgIpc) is 3.18. The van der Waals surface area contributed by atoms with Crippen LogP contribution < -0.4 is 5.32 Å². The number of imidazole rings is 1. The van der Waals surface area contributed by atoms with Crippen LogP contribution in [0.2, 0.25) is 0 Å². The van der Waals surface area contributed by atoms with Gasteiger partial charge in [0.2, 0.25) is 0 Å². The summed E-state index contributed by atoms with van der Waals surface area (Å²) in [6, 6.07) is 8.13. The van der Waals surface area contributed by atoms with Gasteiger partial charge in [-0.25, -0.2) is 4.98 Å². The predicted octanol–water partition coefficient (Wildman–Crippen LogP) is 3.00. The van der Waals surface area contributed by atoms with E-state index in [1.807, 2.05) is 36.1 Å². The largest absolute Gasteiger partial charge is 0.467 e. The second kappa shape index (κ2) is 6.07. The summed E-state index contributed by atoms with van der Waals surface area (Å²) >= 11 is 1.79. The lowest BCUT2D eigenvalue weighted by Crippen LogP contribution is -2.26. The van der Waals surface area contributed by atoms with E-state index in [1.54, 1.807) is 17.6 Å². The summed E-state index contributed by atoms with van der Waals surface area (Å²) < 4.78 is 7.57. The Labute approximate surface area is 122 Å². The number of nitrogens with zero attached hydrogens (tertiary/aromatic N) is 2. The first-order valence-electron chi connectivity index (χ1n) is 6.61. The molecule has 0 aliphatic rings. The van der Waals surface area contributed by atoms with Crippen LogP contribution in [0.3, 0.4) is 0 Å². The van der Waals surface area contributed by atoms with Gasteiger partial charge in [0.15, 0.2) is 0 Å². The number of hydrogen-bond donors (Lipinski definition) is 1. The number of thiophene rings is 1. The van der Waals surface area contributed by atoms with Crippen LogP contribution in [-0.2, 0) is 13.5 Å². The molecule has 3 aromatic heterocycles. The van der Waals surface area contributed by atoms with Gasteiger partial charge in [0.1, 0.15) is 17.6 Å². The highest BCUT2D eigenvalue weighted by Crippen LogP contribution is 2.21. The van der Waals surface area contributed by atoms with E-state index in [0.29, 0.717) is 0 Å². The molecule has 0 fully saturated rings. The Morgan fingerprint density at radius 1 is 1.40 bits per heavy atom. The van der Waals surface area contributed by atoms with Crippen molar-refractivity contribution in [1.29, 1.82) is 0 Å². The van der Waals surface area contributed by atoms with Gasteiger partial charge in [-0.15, -0.1) is 11.3 Å². The molecule has 3 rings (SSSR count). The standard InChI is InChI=1S/C15H17N3OS/c1-18-9-8-17-15(18)14(13-5-2-10-19-13)16-7-6-12-4-3-11-20-12/h2-5,8-11,14,16H,6-7H2,1H3. The first kappa shape index (κ1) is 13.1. The first-order valence-corrected chi connectivity index (χ1v) is 7.49. The van der Waals surface area contributed by atoms with Gasteiger partial charge in [-0.05, 0) is 30.0 Å². The van der Waals surface area contributed by atoms with Crippen molar-refractivity contribution in [2.75, 3.05) is 6.54 Å². The van der Waals surface area contributed by atoms with Crippen LogP contribution in [0.15, 0.2) is 52.7 Å². The van der Waals surface area contributed by atoms with Crippen molar-refractivity contribution in [3.63, 3.8) is 0 Å². The molecule has 1 atom stereocenters. The average molecular weight is 287 g/mol. The molecule has 0 saturated carbocycles. The second-order valence-electron chi connectivity index (χ2n) is 4.63. The zero-order chi connectivity index (χ0) is 13.8. The van der Waals surface area contributed by atoms with Crippen molar-refractivity contribution in [2.24, 2.45) is 7.05 Å². The summed E-state index contributed by atoms with van der Waals surface area (Å²) in [5, 5.41) is 5.64. The Kier molecular flexibility index (Phi) is 3.99. The van der Waals surface area contributed by atoms with Crippen molar-refractivity contribution < 1.29 is 4.42 Å². The quantitative estimate of drug-likeness (QED) is 0.758. The molecule has 0 spiro atoms. The number of rotatable bonds is 6. The lowest BCUT2D eigenvalue weighted by atomic mass is 10.2. The fourth-order valence-electron chi connectivity index (χ4n) is 2.22. The molecule has 0 aliphatic carbocycles. The third-order valence-electron chi connectivity index (χ3n) is 3.24. The van der Waals surface area contributed by atoms with Crippen LogP contribution in [0, 0.1) is 0 Å². The fraction of sp³-hybridized carbons (Fsp3) is 0.267. The zero-order valence-electron chi connectivity index (χ0n) is 11.3. The summed E-state index contributed by atoms with van der Waals surface area (Å²) in [5.74, 6) is 1.86. The van der Waals surface area contributed by atoms with Gasteiger partial charge in [0.05, 0.1) is 6.26 Å². The molecule has 0 bridgehead atoms. The third kappa shape index (κ3) is 2.84. The van der Waals surface area contributed by atoms with E-state index in [-0.39, 0.29) is 6.04 Å². The Morgan fingerprint density at radius 3 is 3.00 bits per heavy atom. The summed E-state index contributed by atoms with van der Waals surface area (Å²) in [5.41, 5.74) is 0. The maximum Gasteiger partial charge on any atom is 0.133 e.